The van der Waals surface area contributed by atoms with Crippen molar-refractivity contribution in [1.82, 2.24) is 14.1 Å². The molecule has 0 aromatic carbocycles. The predicted molar refractivity (Wildman–Crippen MR) is 109 cm³/mol. The van der Waals surface area contributed by atoms with Crippen LogP contribution in [0.25, 0.3) is 10.2 Å². The van der Waals surface area contributed by atoms with E-state index in [0.717, 1.165) is 32.4 Å². The lowest BCUT2D eigenvalue weighted by atomic mass is 10.1. The molecule has 0 aliphatic rings. The Kier molecular flexibility index (Phi) is 4.55. The summed E-state index contributed by atoms with van der Waals surface area (Å²) in [5, 5.41) is 0.612. The van der Waals surface area contributed by atoms with E-state index in [9.17, 15) is 9.59 Å². The molecule has 4 aromatic rings. The summed E-state index contributed by atoms with van der Waals surface area (Å²) in [5.74, 6) is 0.724. The molecular formula is C21H21N3O3S. The summed E-state index contributed by atoms with van der Waals surface area (Å²) in [4.78, 5) is 32.0. The van der Waals surface area contributed by atoms with Crippen LogP contribution in [0, 0.1) is 27.7 Å². The average molecular weight is 395 g/mol. The van der Waals surface area contributed by atoms with Crippen LogP contribution in [0.15, 0.2) is 40.0 Å². The molecule has 144 valence electrons. The molecule has 0 fully saturated rings. The van der Waals surface area contributed by atoms with Crippen LogP contribution >= 0.6 is 11.3 Å². The number of fused-ring (bicyclic) bond motifs is 1. The van der Waals surface area contributed by atoms with E-state index in [1.807, 2.05) is 50.5 Å². The van der Waals surface area contributed by atoms with Gasteiger partial charge in [-0.15, -0.1) is 11.3 Å². The van der Waals surface area contributed by atoms with E-state index in [0.29, 0.717) is 17.5 Å². The van der Waals surface area contributed by atoms with Crippen LogP contribution in [0.1, 0.15) is 37.9 Å². The lowest BCUT2D eigenvalue weighted by Gasteiger charge is -2.08. The SMILES string of the molecule is Cc1sc2ncn(CC(=O)c3cc(C)n(Cc4ccco4)c3C)c(=O)c2c1C. The molecular weight excluding hydrogens is 374 g/mol. The number of furan rings is 1. The van der Waals surface area contributed by atoms with E-state index in [1.165, 1.54) is 22.2 Å². The Balaban J connectivity index is 1.66. The molecule has 0 N–H and O–H groups in total. The molecule has 0 radical (unpaired) electrons. The molecule has 7 heteroatoms. The van der Waals surface area contributed by atoms with Gasteiger partial charge in [0, 0.05) is 21.8 Å². The Hall–Kier alpha value is -2.93. The first-order valence-electron chi connectivity index (χ1n) is 9.04. The summed E-state index contributed by atoms with van der Waals surface area (Å²) in [6.07, 6.45) is 3.11. The number of hydrogen-bond donors (Lipinski definition) is 0. The Bertz CT molecular complexity index is 1240. The number of thiophene rings is 1. The summed E-state index contributed by atoms with van der Waals surface area (Å²) in [7, 11) is 0. The van der Waals surface area contributed by atoms with Crippen LogP contribution in [0.4, 0.5) is 0 Å². The van der Waals surface area contributed by atoms with Gasteiger partial charge in [0.15, 0.2) is 5.78 Å². The number of aromatic nitrogens is 3. The van der Waals surface area contributed by atoms with E-state index in [2.05, 4.69) is 4.98 Å². The Labute approximate surface area is 166 Å². The van der Waals surface area contributed by atoms with Gasteiger partial charge < -0.3 is 8.98 Å². The molecule has 28 heavy (non-hydrogen) atoms. The minimum atomic E-state index is -0.162. The normalized spacial score (nSPS) is 11.4. The van der Waals surface area contributed by atoms with Crippen molar-refractivity contribution < 1.29 is 9.21 Å². The zero-order valence-corrected chi connectivity index (χ0v) is 17.1. The number of carbonyl (C=O) groups is 1. The monoisotopic (exact) mass is 395 g/mol. The minimum Gasteiger partial charge on any atom is -0.467 e. The van der Waals surface area contributed by atoms with Gasteiger partial charge in [-0.05, 0) is 51.5 Å². The maximum absolute atomic E-state index is 13.0. The van der Waals surface area contributed by atoms with E-state index in [1.54, 1.807) is 6.26 Å². The quantitative estimate of drug-likeness (QED) is 0.479. The molecule has 0 spiro atoms. The third-order valence-electron chi connectivity index (χ3n) is 5.24. The van der Waals surface area contributed by atoms with Gasteiger partial charge in [0.2, 0.25) is 0 Å². The lowest BCUT2D eigenvalue weighted by molar-refractivity contribution is 0.0970. The molecule has 0 aliphatic carbocycles. The summed E-state index contributed by atoms with van der Waals surface area (Å²) in [6.45, 7) is 8.32. The molecule has 0 saturated heterocycles. The summed E-state index contributed by atoms with van der Waals surface area (Å²) in [6, 6.07) is 5.63. The van der Waals surface area contributed by atoms with Gasteiger partial charge in [-0.3, -0.25) is 14.2 Å². The molecule has 0 unspecified atom stereocenters. The van der Waals surface area contributed by atoms with Crippen LogP contribution in [0.3, 0.4) is 0 Å². The highest BCUT2D eigenvalue weighted by molar-refractivity contribution is 7.18. The molecule has 0 atom stereocenters. The van der Waals surface area contributed by atoms with E-state index >= 15 is 0 Å². The third-order valence-corrected chi connectivity index (χ3v) is 6.35. The van der Waals surface area contributed by atoms with Crippen LogP contribution < -0.4 is 5.56 Å². The fourth-order valence-electron chi connectivity index (χ4n) is 3.51. The third kappa shape index (κ3) is 3.01. The van der Waals surface area contributed by atoms with Gasteiger partial charge >= 0.3 is 0 Å². The van der Waals surface area contributed by atoms with Crippen molar-refractivity contribution in [2.75, 3.05) is 0 Å². The van der Waals surface area contributed by atoms with E-state index in [4.69, 9.17) is 4.42 Å². The van der Waals surface area contributed by atoms with E-state index in [-0.39, 0.29) is 17.9 Å². The van der Waals surface area contributed by atoms with Gasteiger partial charge in [-0.25, -0.2) is 4.98 Å². The standard InChI is InChI=1S/C21H21N3O3S/c1-12-8-17(14(3)24(12)9-16-6-5-7-27-16)18(25)10-23-11-22-20-19(21(23)26)13(2)15(4)28-20/h5-8,11H,9-10H2,1-4H3. The number of Topliss-reactive ketones (excluding diaryl/α,β-unsaturated/α-hetero) is 1. The highest BCUT2D eigenvalue weighted by Crippen LogP contribution is 2.25. The average Bonchev–Trinajstić information content (AvgIpc) is 3.34. The van der Waals surface area contributed by atoms with Crippen molar-refractivity contribution in [2.24, 2.45) is 0 Å². The number of nitrogens with zero attached hydrogens (tertiary/aromatic N) is 3. The zero-order chi connectivity index (χ0) is 20.0. The second-order valence-electron chi connectivity index (χ2n) is 7.01. The maximum Gasteiger partial charge on any atom is 0.262 e. The number of aryl methyl sites for hydroxylation is 3. The molecule has 0 bridgehead atoms. The first-order chi connectivity index (χ1) is 13.4. The van der Waals surface area contributed by atoms with Gasteiger partial charge in [-0.2, -0.15) is 0 Å². The van der Waals surface area contributed by atoms with Crippen molar-refractivity contribution in [2.45, 2.75) is 40.8 Å². The highest BCUT2D eigenvalue weighted by Gasteiger charge is 2.19. The lowest BCUT2D eigenvalue weighted by Crippen LogP contribution is -2.25. The van der Waals surface area contributed by atoms with Gasteiger partial charge in [0.1, 0.15) is 10.6 Å². The van der Waals surface area contributed by atoms with Crippen LogP contribution in [0.5, 0.6) is 0 Å². The van der Waals surface area contributed by atoms with Gasteiger partial charge in [-0.1, -0.05) is 0 Å². The molecule has 0 saturated carbocycles. The molecule has 6 nitrogen and oxygen atoms in total. The molecule has 4 aromatic heterocycles. The first kappa shape index (κ1) is 18.4. The summed E-state index contributed by atoms with van der Waals surface area (Å²) in [5.41, 5.74) is 3.24. The first-order valence-corrected chi connectivity index (χ1v) is 9.86. The van der Waals surface area contributed by atoms with E-state index < -0.39 is 0 Å². The number of carbonyl (C=O) groups excluding carboxylic acids is 1. The largest absolute Gasteiger partial charge is 0.467 e. The number of ketones is 1. The minimum absolute atomic E-state index is 0.0266. The smallest absolute Gasteiger partial charge is 0.262 e. The fraction of sp³-hybridized carbons (Fsp3) is 0.286. The van der Waals surface area contributed by atoms with Crippen molar-refractivity contribution in [1.29, 1.82) is 0 Å². The van der Waals surface area contributed by atoms with Crippen LogP contribution in [-0.4, -0.2) is 19.9 Å². The second-order valence-corrected chi connectivity index (χ2v) is 8.22. The molecule has 4 heterocycles. The highest BCUT2D eigenvalue weighted by atomic mass is 32.1. The molecule has 4 rings (SSSR count). The van der Waals surface area contributed by atoms with Crippen LogP contribution in [0.2, 0.25) is 0 Å². The fourth-order valence-corrected chi connectivity index (χ4v) is 4.50. The zero-order valence-electron chi connectivity index (χ0n) is 16.3. The predicted octanol–water partition coefficient (Wildman–Crippen LogP) is 4.02. The summed E-state index contributed by atoms with van der Waals surface area (Å²) >= 11 is 1.50. The van der Waals surface area contributed by atoms with Crippen molar-refractivity contribution in [3.05, 3.63) is 74.3 Å². The second kappa shape index (κ2) is 6.91. The van der Waals surface area contributed by atoms with Crippen molar-refractivity contribution in [3.63, 3.8) is 0 Å². The van der Waals surface area contributed by atoms with Gasteiger partial charge in [0.05, 0.1) is 31.1 Å². The van der Waals surface area contributed by atoms with Crippen molar-refractivity contribution >= 4 is 27.3 Å². The number of hydrogen-bond acceptors (Lipinski definition) is 5. The Morgan fingerprint density at radius 2 is 2.04 bits per heavy atom. The summed E-state index contributed by atoms with van der Waals surface area (Å²) < 4.78 is 8.87. The van der Waals surface area contributed by atoms with Crippen molar-refractivity contribution in [3.8, 4) is 0 Å². The number of rotatable bonds is 5. The molecule has 0 amide bonds. The van der Waals surface area contributed by atoms with Crippen LogP contribution in [-0.2, 0) is 13.1 Å². The molecule has 0 aliphatic heterocycles. The Morgan fingerprint density at radius 1 is 1.25 bits per heavy atom. The maximum atomic E-state index is 13.0. The Morgan fingerprint density at radius 3 is 2.75 bits per heavy atom. The van der Waals surface area contributed by atoms with Gasteiger partial charge in [0.25, 0.3) is 5.56 Å². The topological polar surface area (TPSA) is 70.0 Å².